The fourth-order valence-corrected chi connectivity index (χ4v) is 2.67. The van der Waals surface area contributed by atoms with Crippen LogP contribution in [0.1, 0.15) is 23.7 Å². The Bertz CT molecular complexity index is 439. The van der Waals surface area contributed by atoms with E-state index in [1.807, 2.05) is 0 Å². The number of aryl methyl sites for hydroxylation is 1. The molecule has 0 aliphatic rings. The zero-order valence-corrected chi connectivity index (χ0v) is 9.87. The van der Waals surface area contributed by atoms with Gasteiger partial charge >= 0.3 is 13.8 Å². The summed E-state index contributed by atoms with van der Waals surface area (Å²) in [6.45, 7) is 1.63. The molecule has 1 unspecified atom stereocenters. The highest BCUT2D eigenvalue weighted by molar-refractivity contribution is 7.52. The molecule has 7 heteroatoms. The van der Waals surface area contributed by atoms with Gasteiger partial charge in [-0.2, -0.15) is 13.2 Å². The quantitative estimate of drug-likeness (QED) is 0.828. The summed E-state index contributed by atoms with van der Waals surface area (Å²) in [5.74, 6) is 0. The second kappa shape index (κ2) is 4.80. The number of hydrogen-bond donors (Lipinski definition) is 2. The van der Waals surface area contributed by atoms with E-state index < -0.39 is 19.4 Å². The smallest absolute Gasteiger partial charge is 0.324 e. The second-order valence-electron chi connectivity index (χ2n) is 3.59. The molecule has 3 nitrogen and oxygen atoms in total. The molecule has 96 valence electrons. The standard InChI is InChI=1S/C10H12F3O3P/c1-2-7-5-3-4-6-8(7)9(10(11,12)13)17(14,15)16/h3-6,9H,2H2,1H3,(H2,14,15,16). The fourth-order valence-electron chi connectivity index (χ4n) is 1.67. The van der Waals surface area contributed by atoms with Gasteiger partial charge in [0.15, 0.2) is 5.66 Å². The monoisotopic (exact) mass is 268 g/mol. The molecule has 0 bridgehead atoms. The lowest BCUT2D eigenvalue weighted by atomic mass is 10.0. The van der Waals surface area contributed by atoms with Crippen LogP contribution in [0.2, 0.25) is 0 Å². The van der Waals surface area contributed by atoms with Crippen LogP contribution >= 0.6 is 7.60 Å². The Labute approximate surface area is 96.4 Å². The Morgan fingerprint density at radius 2 is 1.82 bits per heavy atom. The van der Waals surface area contributed by atoms with E-state index >= 15 is 0 Å². The van der Waals surface area contributed by atoms with Crippen LogP contribution in [0.5, 0.6) is 0 Å². The maximum atomic E-state index is 12.7. The second-order valence-corrected chi connectivity index (χ2v) is 5.28. The highest BCUT2D eigenvalue weighted by Gasteiger charge is 2.52. The van der Waals surface area contributed by atoms with Crippen molar-refractivity contribution in [3.05, 3.63) is 35.4 Å². The summed E-state index contributed by atoms with van der Waals surface area (Å²) in [6, 6.07) is 5.41. The Balaban J connectivity index is 3.38. The van der Waals surface area contributed by atoms with Crippen molar-refractivity contribution in [3.63, 3.8) is 0 Å². The Morgan fingerprint density at radius 3 is 2.24 bits per heavy atom. The number of benzene rings is 1. The van der Waals surface area contributed by atoms with Gasteiger partial charge in [0.25, 0.3) is 0 Å². The lowest BCUT2D eigenvalue weighted by molar-refractivity contribution is -0.135. The number of hydrogen-bond acceptors (Lipinski definition) is 1. The van der Waals surface area contributed by atoms with E-state index in [2.05, 4.69) is 0 Å². The molecular weight excluding hydrogens is 256 g/mol. The van der Waals surface area contributed by atoms with Gasteiger partial charge in [-0.25, -0.2) is 0 Å². The van der Waals surface area contributed by atoms with Crippen LogP contribution in [0, 0.1) is 0 Å². The van der Waals surface area contributed by atoms with E-state index in [0.29, 0.717) is 0 Å². The third kappa shape index (κ3) is 3.31. The molecule has 0 saturated heterocycles. The van der Waals surface area contributed by atoms with Gasteiger partial charge < -0.3 is 9.79 Å². The SMILES string of the molecule is CCc1ccccc1C(C(F)(F)F)P(=O)(O)O. The van der Waals surface area contributed by atoms with Gasteiger partial charge in [0, 0.05) is 0 Å². The van der Waals surface area contributed by atoms with Crippen molar-refractivity contribution in [1.29, 1.82) is 0 Å². The first-order valence-electron chi connectivity index (χ1n) is 4.87. The largest absolute Gasteiger partial charge is 0.407 e. The van der Waals surface area contributed by atoms with Gasteiger partial charge in [-0.15, -0.1) is 0 Å². The van der Waals surface area contributed by atoms with Gasteiger partial charge in [-0.1, -0.05) is 31.2 Å². The molecular formula is C10H12F3O3P. The van der Waals surface area contributed by atoms with E-state index in [0.717, 1.165) is 6.07 Å². The summed E-state index contributed by atoms with van der Waals surface area (Å²) in [4.78, 5) is 17.8. The minimum absolute atomic E-state index is 0.281. The summed E-state index contributed by atoms with van der Waals surface area (Å²) in [7, 11) is -5.28. The van der Waals surface area contributed by atoms with Crippen molar-refractivity contribution in [3.8, 4) is 0 Å². The molecule has 0 aliphatic carbocycles. The van der Waals surface area contributed by atoms with Crippen molar-refractivity contribution in [2.24, 2.45) is 0 Å². The highest BCUT2D eigenvalue weighted by atomic mass is 31.2. The molecule has 0 fully saturated rings. The van der Waals surface area contributed by atoms with Crippen molar-refractivity contribution >= 4 is 7.60 Å². The maximum Gasteiger partial charge on any atom is 0.407 e. The predicted octanol–water partition coefficient (Wildman–Crippen LogP) is 3.03. The normalized spacial score (nSPS) is 14.7. The Morgan fingerprint density at radius 1 is 1.29 bits per heavy atom. The number of rotatable bonds is 3. The molecule has 0 aliphatic heterocycles. The van der Waals surface area contributed by atoms with E-state index in [9.17, 15) is 17.7 Å². The summed E-state index contributed by atoms with van der Waals surface area (Å²) in [5.41, 5.74) is -2.81. The molecule has 1 atom stereocenters. The molecule has 0 saturated carbocycles. The zero-order chi connectivity index (χ0) is 13.3. The predicted molar refractivity (Wildman–Crippen MR) is 56.7 cm³/mol. The molecule has 0 aromatic heterocycles. The molecule has 0 amide bonds. The highest BCUT2D eigenvalue weighted by Crippen LogP contribution is 2.60. The first kappa shape index (κ1) is 14.2. The molecule has 0 spiro atoms. The summed E-state index contributed by atoms with van der Waals surface area (Å²) in [6.07, 6.45) is -4.69. The molecule has 1 aromatic rings. The van der Waals surface area contributed by atoms with E-state index in [4.69, 9.17) is 9.79 Å². The van der Waals surface area contributed by atoms with Crippen LogP contribution in [-0.2, 0) is 11.0 Å². The minimum atomic E-state index is -5.28. The average Bonchev–Trinajstić information content (AvgIpc) is 2.14. The minimum Gasteiger partial charge on any atom is -0.324 e. The van der Waals surface area contributed by atoms with Crippen molar-refractivity contribution in [2.75, 3.05) is 0 Å². The van der Waals surface area contributed by atoms with Crippen LogP contribution in [0.15, 0.2) is 24.3 Å². The molecule has 1 rings (SSSR count). The van der Waals surface area contributed by atoms with Gasteiger partial charge in [0.05, 0.1) is 0 Å². The fraction of sp³-hybridized carbons (Fsp3) is 0.400. The average molecular weight is 268 g/mol. The summed E-state index contributed by atoms with van der Waals surface area (Å²) in [5, 5.41) is 0. The van der Waals surface area contributed by atoms with Gasteiger partial charge in [0.1, 0.15) is 0 Å². The first-order valence-corrected chi connectivity index (χ1v) is 6.55. The molecule has 17 heavy (non-hydrogen) atoms. The zero-order valence-electron chi connectivity index (χ0n) is 8.98. The van der Waals surface area contributed by atoms with Gasteiger partial charge in [-0.3, -0.25) is 4.57 Å². The Kier molecular flexibility index (Phi) is 4.02. The van der Waals surface area contributed by atoms with Gasteiger partial charge in [-0.05, 0) is 17.5 Å². The molecule has 0 heterocycles. The van der Waals surface area contributed by atoms with Crippen LogP contribution in [0.25, 0.3) is 0 Å². The van der Waals surface area contributed by atoms with Gasteiger partial charge in [0.2, 0.25) is 0 Å². The van der Waals surface area contributed by atoms with E-state index in [1.54, 1.807) is 6.92 Å². The lowest BCUT2D eigenvalue weighted by Gasteiger charge is -2.23. The van der Waals surface area contributed by atoms with Crippen LogP contribution < -0.4 is 0 Å². The van der Waals surface area contributed by atoms with Crippen LogP contribution in [0.3, 0.4) is 0 Å². The number of alkyl halides is 3. The third-order valence-corrected chi connectivity index (χ3v) is 3.62. The third-order valence-electron chi connectivity index (χ3n) is 2.38. The number of halogens is 3. The first-order chi connectivity index (χ1) is 7.68. The van der Waals surface area contributed by atoms with Crippen LogP contribution in [-0.4, -0.2) is 16.0 Å². The lowest BCUT2D eigenvalue weighted by Crippen LogP contribution is -2.22. The van der Waals surface area contributed by atoms with E-state index in [1.165, 1.54) is 18.2 Å². The van der Waals surface area contributed by atoms with Crippen molar-refractivity contribution in [1.82, 2.24) is 0 Å². The molecule has 2 N–H and O–H groups in total. The van der Waals surface area contributed by atoms with Crippen molar-refractivity contribution in [2.45, 2.75) is 25.2 Å². The topological polar surface area (TPSA) is 57.5 Å². The van der Waals surface area contributed by atoms with Crippen molar-refractivity contribution < 1.29 is 27.5 Å². The molecule has 1 aromatic carbocycles. The Hall–Kier alpha value is -0.840. The van der Waals surface area contributed by atoms with Crippen LogP contribution in [0.4, 0.5) is 13.2 Å². The molecule has 0 radical (unpaired) electrons. The maximum absolute atomic E-state index is 12.7. The summed E-state index contributed by atoms with van der Waals surface area (Å²) < 4.78 is 49.2. The summed E-state index contributed by atoms with van der Waals surface area (Å²) >= 11 is 0. The van der Waals surface area contributed by atoms with E-state index in [-0.39, 0.29) is 17.5 Å².